The maximum absolute atomic E-state index is 12.8. The molecule has 4 heteroatoms. The fraction of sp³-hybridized carbons (Fsp3) is 0.667. The second-order valence-corrected chi connectivity index (χ2v) is 4.82. The van der Waals surface area contributed by atoms with Crippen molar-refractivity contribution in [2.75, 3.05) is 0 Å². The number of hydrogen-bond donors (Lipinski definition) is 1. The van der Waals surface area contributed by atoms with Crippen LogP contribution < -0.4 is 0 Å². The molecule has 0 aromatic carbocycles. The molecule has 2 atom stereocenters. The predicted octanol–water partition coefficient (Wildman–Crippen LogP) is 3.36. The highest BCUT2D eigenvalue weighted by atomic mass is 19.4. The molecule has 2 aliphatic rings. The molecule has 2 rings (SSSR count). The molecule has 1 nitrogen and oxygen atoms in total. The Hall–Kier alpha value is -0.770. The summed E-state index contributed by atoms with van der Waals surface area (Å²) in [6.45, 7) is 1.63. The zero-order chi connectivity index (χ0) is 12.0. The maximum Gasteiger partial charge on any atom is 0.412 e. The molecule has 0 aromatic heterocycles. The second-order valence-electron chi connectivity index (χ2n) is 4.82. The van der Waals surface area contributed by atoms with Gasteiger partial charge in [0, 0.05) is 11.5 Å². The first-order valence-corrected chi connectivity index (χ1v) is 5.50. The van der Waals surface area contributed by atoms with E-state index in [1.165, 1.54) is 6.08 Å². The zero-order valence-corrected chi connectivity index (χ0v) is 9.14. The van der Waals surface area contributed by atoms with Gasteiger partial charge in [0.1, 0.15) is 0 Å². The van der Waals surface area contributed by atoms with Crippen LogP contribution in [0.2, 0.25) is 0 Å². The van der Waals surface area contributed by atoms with Crippen LogP contribution in [0.3, 0.4) is 0 Å². The summed E-state index contributed by atoms with van der Waals surface area (Å²) >= 11 is 0. The van der Waals surface area contributed by atoms with Crippen molar-refractivity contribution < 1.29 is 18.3 Å². The van der Waals surface area contributed by atoms with E-state index in [0.29, 0.717) is 24.8 Å². The molecule has 1 N–H and O–H groups in total. The average molecular weight is 232 g/mol. The van der Waals surface area contributed by atoms with Crippen molar-refractivity contribution in [3.8, 4) is 0 Å². The van der Waals surface area contributed by atoms with Crippen molar-refractivity contribution in [1.29, 1.82) is 0 Å². The monoisotopic (exact) mass is 232 g/mol. The minimum atomic E-state index is -4.26. The van der Waals surface area contributed by atoms with E-state index in [1.807, 2.05) is 0 Å². The van der Waals surface area contributed by atoms with Gasteiger partial charge < -0.3 is 5.11 Å². The van der Waals surface area contributed by atoms with E-state index in [2.05, 4.69) is 0 Å². The highest BCUT2D eigenvalue weighted by Gasteiger charge is 2.44. The molecule has 0 bridgehead atoms. The number of alkyl halides is 3. The third kappa shape index (κ3) is 1.90. The SMILES string of the molecule is C[C@]1(O)CCCC2=C(C(F)(F)F)CC=C[C@@H]21. The van der Waals surface area contributed by atoms with Gasteiger partial charge in [-0.3, -0.25) is 0 Å². The molecule has 0 unspecified atom stereocenters. The van der Waals surface area contributed by atoms with Gasteiger partial charge in [0.2, 0.25) is 0 Å². The van der Waals surface area contributed by atoms with Gasteiger partial charge in [-0.1, -0.05) is 17.7 Å². The van der Waals surface area contributed by atoms with Crippen LogP contribution in [0.15, 0.2) is 23.3 Å². The highest BCUT2D eigenvalue weighted by molar-refractivity contribution is 5.34. The van der Waals surface area contributed by atoms with Gasteiger partial charge in [0.05, 0.1) is 5.60 Å². The molecule has 1 fully saturated rings. The lowest BCUT2D eigenvalue weighted by Gasteiger charge is -2.40. The van der Waals surface area contributed by atoms with E-state index in [-0.39, 0.29) is 6.42 Å². The normalized spacial score (nSPS) is 35.2. The molecule has 0 saturated heterocycles. The lowest BCUT2D eigenvalue weighted by atomic mass is 9.69. The van der Waals surface area contributed by atoms with E-state index < -0.39 is 23.3 Å². The third-order valence-corrected chi connectivity index (χ3v) is 3.55. The van der Waals surface area contributed by atoms with Crippen LogP contribution in [-0.4, -0.2) is 16.9 Å². The minimum absolute atomic E-state index is 0.0502. The number of aliphatic hydroxyl groups is 1. The van der Waals surface area contributed by atoms with Crippen molar-refractivity contribution in [1.82, 2.24) is 0 Å². The van der Waals surface area contributed by atoms with Crippen molar-refractivity contribution >= 4 is 0 Å². The average Bonchev–Trinajstić information content (AvgIpc) is 2.15. The quantitative estimate of drug-likeness (QED) is 0.635. The molecule has 0 spiro atoms. The summed E-state index contributed by atoms with van der Waals surface area (Å²) in [5.41, 5.74) is -1.08. The third-order valence-electron chi connectivity index (χ3n) is 3.55. The van der Waals surface area contributed by atoms with Gasteiger partial charge in [0.25, 0.3) is 0 Å². The summed E-state index contributed by atoms with van der Waals surface area (Å²) in [6.07, 6.45) is 0.598. The highest BCUT2D eigenvalue weighted by Crippen LogP contribution is 2.46. The van der Waals surface area contributed by atoms with Crippen molar-refractivity contribution in [3.05, 3.63) is 23.3 Å². The zero-order valence-electron chi connectivity index (χ0n) is 9.14. The molecule has 0 radical (unpaired) electrons. The molecule has 2 aliphatic carbocycles. The Balaban J connectivity index is 2.42. The van der Waals surface area contributed by atoms with Gasteiger partial charge in [-0.05, 0) is 32.6 Å². The van der Waals surface area contributed by atoms with Crippen LogP contribution in [0.25, 0.3) is 0 Å². The maximum atomic E-state index is 12.8. The number of halogens is 3. The lowest BCUT2D eigenvalue weighted by molar-refractivity contribution is -0.0964. The molecule has 0 amide bonds. The first-order valence-electron chi connectivity index (χ1n) is 5.50. The van der Waals surface area contributed by atoms with E-state index in [9.17, 15) is 18.3 Å². The minimum Gasteiger partial charge on any atom is -0.389 e. The fourth-order valence-corrected chi connectivity index (χ4v) is 2.74. The summed E-state index contributed by atoms with van der Waals surface area (Å²) in [5, 5.41) is 10.1. The van der Waals surface area contributed by atoms with E-state index >= 15 is 0 Å². The second kappa shape index (κ2) is 3.62. The Bertz CT molecular complexity index is 350. The first kappa shape index (κ1) is 11.7. The summed E-state index contributed by atoms with van der Waals surface area (Å²) in [4.78, 5) is 0. The van der Waals surface area contributed by atoms with E-state index in [1.54, 1.807) is 13.0 Å². The Labute approximate surface area is 92.7 Å². The summed E-state index contributed by atoms with van der Waals surface area (Å²) in [5.74, 6) is -0.452. The van der Waals surface area contributed by atoms with Crippen molar-refractivity contribution in [3.63, 3.8) is 0 Å². The smallest absolute Gasteiger partial charge is 0.389 e. The standard InChI is InChI=1S/C12H15F3O/c1-11(16)7-3-4-8-9(11)5-2-6-10(8)12(13,14)15/h2,5,9,16H,3-4,6-7H2,1H3/t9-,11-/m0/s1. The molecule has 1 saturated carbocycles. The topological polar surface area (TPSA) is 20.2 Å². The van der Waals surface area contributed by atoms with Gasteiger partial charge in [-0.25, -0.2) is 0 Å². The van der Waals surface area contributed by atoms with Gasteiger partial charge in [-0.15, -0.1) is 0 Å². The number of allylic oxidation sites excluding steroid dienone is 2. The van der Waals surface area contributed by atoms with Crippen LogP contribution in [0.4, 0.5) is 13.2 Å². The molecule has 90 valence electrons. The van der Waals surface area contributed by atoms with Gasteiger partial charge in [-0.2, -0.15) is 13.2 Å². The molecule has 16 heavy (non-hydrogen) atoms. The predicted molar refractivity (Wildman–Crippen MR) is 54.8 cm³/mol. The fourth-order valence-electron chi connectivity index (χ4n) is 2.74. The number of rotatable bonds is 0. The van der Waals surface area contributed by atoms with Crippen LogP contribution >= 0.6 is 0 Å². The number of hydrogen-bond acceptors (Lipinski definition) is 1. The molecule has 0 aromatic rings. The van der Waals surface area contributed by atoms with E-state index in [0.717, 1.165) is 0 Å². The summed E-state index contributed by atoms with van der Waals surface area (Å²) in [6, 6.07) is 0. The Morgan fingerprint density at radius 1 is 1.44 bits per heavy atom. The molecular weight excluding hydrogens is 217 g/mol. The van der Waals surface area contributed by atoms with Crippen LogP contribution in [-0.2, 0) is 0 Å². The Morgan fingerprint density at radius 2 is 2.12 bits per heavy atom. The van der Waals surface area contributed by atoms with Crippen LogP contribution in [0, 0.1) is 5.92 Å². The van der Waals surface area contributed by atoms with Gasteiger partial charge >= 0.3 is 6.18 Å². The van der Waals surface area contributed by atoms with E-state index in [4.69, 9.17) is 0 Å². The summed E-state index contributed by atoms with van der Waals surface area (Å²) in [7, 11) is 0. The first-order chi connectivity index (χ1) is 7.32. The van der Waals surface area contributed by atoms with Crippen molar-refractivity contribution in [2.24, 2.45) is 5.92 Å². The number of fused-ring (bicyclic) bond motifs is 1. The van der Waals surface area contributed by atoms with Crippen LogP contribution in [0.1, 0.15) is 32.6 Å². The van der Waals surface area contributed by atoms with Gasteiger partial charge in [0.15, 0.2) is 0 Å². The summed E-state index contributed by atoms with van der Waals surface area (Å²) < 4.78 is 38.4. The van der Waals surface area contributed by atoms with Crippen LogP contribution in [0.5, 0.6) is 0 Å². The van der Waals surface area contributed by atoms with Crippen molar-refractivity contribution in [2.45, 2.75) is 44.4 Å². The molecule has 0 aliphatic heterocycles. The molecular formula is C12H15F3O. The lowest BCUT2D eigenvalue weighted by Crippen LogP contribution is -2.40. The Kier molecular flexibility index (Phi) is 2.65. The Morgan fingerprint density at radius 3 is 2.75 bits per heavy atom. The molecule has 0 heterocycles. The largest absolute Gasteiger partial charge is 0.412 e.